The topological polar surface area (TPSA) is 44.5 Å². The van der Waals surface area contributed by atoms with Crippen molar-refractivity contribution in [3.8, 4) is 11.5 Å². The molecule has 0 aliphatic carbocycles. The highest BCUT2D eigenvalue weighted by atomic mass is 32.2. The van der Waals surface area contributed by atoms with E-state index in [2.05, 4.69) is 12.1 Å². The van der Waals surface area contributed by atoms with Crippen LogP contribution in [0.4, 0.5) is 0 Å². The van der Waals surface area contributed by atoms with Crippen molar-refractivity contribution in [1.29, 1.82) is 0 Å². The number of hydrogen-bond donors (Lipinski definition) is 1. The van der Waals surface area contributed by atoms with Crippen LogP contribution in [0.3, 0.4) is 0 Å². The van der Waals surface area contributed by atoms with Crippen LogP contribution in [0, 0.1) is 0 Å². The molecule has 0 aliphatic heterocycles. The summed E-state index contributed by atoms with van der Waals surface area (Å²) >= 11 is 1.73. The van der Waals surface area contributed by atoms with Crippen LogP contribution in [0.2, 0.25) is 0 Å². The maximum absolute atomic E-state index is 5.70. The summed E-state index contributed by atoms with van der Waals surface area (Å²) in [7, 11) is 3.38. The highest BCUT2D eigenvalue weighted by Gasteiger charge is 2.07. The average molecular weight is 289 g/mol. The van der Waals surface area contributed by atoms with E-state index in [0.717, 1.165) is 33.3 Å². The molecule has 0 atom stereocenters. The van der Waals surface area contributed by atoms with Crippen LogP contribution in [0.15, 0.2) is 47.4 Å². The molecular formula is C16H19NO2S. The minimum absolute atomic E-state index is 0.538. The predicted octanol–water partition coefficient (Wildman–Crippen LogP) is 3.45. The van der Waals surface area contributed by atoms with Gasteiger partial charge in [-0.15, -0.1) is 11.8 Å². The number of thioether (sulfide) groups is 1. The molecule has 0 heterocycles. The van der Waals surface area contributed by atoms with E-state index in [-0.39, 0.29) is 0 Å². The van der Waals surface area contributed by atoms with Gasteiger partial charge in [0, 0.05) is 22.8 Å². The lowest BCUT2D eigenvalue weighted by atomic mass is 10.1. The Morgan fingerprint density at radius 1 is 1.00 bits per heavy atom. The fourth-order valence-electron chi connectivity index (χ4n) is 1.97. The van der Waals surface area contributed by atoms with Crippen molar-refractivity contribution in [2.24, 2.45) is 5.73 Å². The highest BCUT2D eigenvalue weighted by molar-refractivity contribution is 7.98. The predicted molar refractivity (Wildman–Crippen MR) is 83.4 cm³/mol. The second-order valence-corrected chi connectivity index (χ2v) is 5.31. The van der Waals surface area contributed by atoms with Gasteiger partial charge >= 0.3 is 0 Å². The maximum atomic E-state index is 5.70. The van der Waals surface area contributed by atoms with Crippen molar-refractivity contribution < 1.29 is 9.47 Å². The first-order valence-electron chi connectivity index (χ1n) is 6.40. The summed E-state index contributed by atoms with van der Waals surface area (Å²) in [6.45, 7) is 0.538. The van der Waals surface area contributed by atoms with E-state index >= 15 is 0 Å². The Bertz CT molecular complexity index is 572. The quantitative estimate of drug-likeness (QED) is 0.827. The molecule has 2 aromatic rings. The largest absolute Gasteiger partial charge is 0.496 e. The zero-order chi connectivity index (χ0) is 14.4. The molecule has 0 fully saturated rings. The Kier molecular flexibility index (Phi) is 5.32. The molecule has 0 unspecified atom stereocenters. The van der Waals surface area contributed by atoms with Crippen molar-refractivity contribution in [3.63, 3.8) is 0 Å². The van der Waals surface area contributed by atoms with E-state index in [1.807, 2.05) is 30.3 Å². The monoisotopic (exact) mass is 289 g/mol. The first kappa shape index (κ1) is 14.8. The van der Waals surface area contributed by atoms with Gasteiger partial charge in [-0.3, -0.25) is 0 Å². The molecule has 106 valence electrons. The van der Waals surface area contributed by atoms with Crippen LogP contribution < -0.4 is 15.2 Å². The fraction of sp³-hybridized carbons (Fsp3) is 0.250. The molecule has 3 nitrogen and oxygen atoms in total. The van der Waals surface area contributed by atoms with Crippen molar-refractivity contribution >= 4 is 11.8 Å². The van der Waals surface area contributed by atoms with E-state index in [1.54, 1.807) is 26.0 Å². The van der Waals surface area contributed by atoms with Gasteiger partial charge < -0.3 is 15.2 Å². The molecule has 2 rings (SSSR count). The third kappa shape index (κ3) is 3.46. The fourth-order valence-corrected chi connectivity index (χ4v) is 2.97. The maximum Gasteiger partial charge on any atom is 0.132 e. The Hall–Kier alpha value is -1.65. The number of hydrogen-bond acceptors (Lipinski definition) is 4. The molecule has 0 saturated carbocycles. The van der Waals surface area contributed by atoms with Gasteiger partial charge in [0.25, 0.3) is 0 Å². The van der Waals surface area contributed by atoms with Crippen LogP contribution in [-0.4, -0.2) is 14.2 Å². The number of rotatable bonds is 6. The van der Waals surface area contributed by atoms with Gasteiger partial charge in [-0.05, 0) is 29.8 Å². The van der Waals surface area contributed by atoms with E-state index < -0.39 is 0 Å². The second-order valence-electron chi connectivity index (χ2n) is 4.29. The smallest absolute Gasteiger partial charge is 0.132 e. The van der Waals surface area contributed by atoms with Crippen LogP contribution in [0.25, 0.3) is 0 Å². The van der Waals surface area contributed by atoms with Gasteiger partial charge in [-0.2, -0.15) is 0 Å². The summed E-state index contributed by atoms with van der Waals surface area (Å²) in [5.41, 5.74) is 7.95. The molecule has 0 radical (unpaired) electrons. The van der Waals surface area contributed by atoms with Crippen LogP contribution in [-0.2, 0) is 12.3 Å². The number of ether oxygens (including phenoxy) is 2. The van der Waals surface area contributed by atoms with Crippen molar-refractivity contribution in [2.75, 3.05) is 14.2 Å². The summed E-state index contributed by atoms with van der Waals surface area (Å²) in [4.78, 5) is 1.12. The van der Waals surface area contributed by atoms with Crippen molar-refractivity contribution in [3.05, 3.63) is 53.6 Å². The summed E-state index contributed by atoms with van der Waals surface area (Å²) in [6, 6.07) is 14.1. The Labute approximate surface area is 124 Å². The number of para-hydroxylation sites is 1. The lowest BCUT2D eigenvalue weighted by Crippen LogP contribution is -1.99. The molecule has 20 heavy (non-hydrogen) atoms. The van der Waals surface area contributed by atoms with Crippen LogP contribution in [0.1, 0.15) is 11.1 Å². The zero-order valence-electron chi connectivity index (χ0n) is 11.8. The lowest BCUT2D eigenvalue weighted by Gasteiger charge is -2.11. The Balaban J connectivity index is 2.17. The molecule has 2 N–H and O–H groups in total. The molecule has 0 bridgehead atoms. The van der Waals surface area contributed by atoms with E-state index in [9.17, 15) is 0 Å². The SMILES string of the molecule is COc1ccc(CN)cc1CSc1ccccc1OC. The summed E-state index contributed by atoms with van der Waals surface area (Å²) in [5, 5.41) is 0. The lowest BCUT2D eigenvalue weighted by molar-refractivity contribution is 0.404. The molecule has 0 spiro atoms. The Morgan fingerprint density at radius 2 is 1.75 bits per heavy atom. The van der Waals surface area contributed by atoms with E-state index in [0.29, 0.717) is 6.54 Å². The average Bonchev–Trinajstić information content (AvgIpc) is 2.52. The van der Waals surface area contributed by atoms with Gasteiger partial charge in [0.15, 0.2) is 0 Å². The van der Waals surface area contributed by atoms with Crippen molar-refractivity contribution in [1.82, 2.24) is 0 Å². The first-order chi connectivity index (χ1) is 9.78. The molecule has 0 saturated heterocycles. The standard InChI is InChI=1S/C16H19NO2S/c1-18-14-8-7-12(10-17)9-13(14)11-20-16-6-4-3-5-15(16)19-2/h3-9H,10-11,17H2,1-2H3. The minimum Gasteiger partial charge on any atom is -0.496 e. The van der Waals surface area contributed by atoms with E-state index in [1.165, 1.54) is 0 Å². The van der Waals surface area contributed by atoms with Crippen LogP contribution in [0.5, 0.6) is 11.5 Å². The van der Waals surface area contributed by atoms with Crippen molar-refractivity contribution in [2.45, 2.75) is 17.2 Å². The third-order valence-corrected chi connectivity index (χ3v) is 4.14. The number of nitrogens with two attached hydrogens (primary N) is 1. The highest BCUT2D eigenvalue weighted by Crippen LogP contribution is 2.33. The summed E-state index contributed by atoms with van der Waals surface area (Å²) < 4.78 is 10.8. The molecule has 0 aromatic heterocycles. The van der Waals surface area contributed by atoms with Gasteiger partial charge in [0.1, 0.15) is 11.5 Å². The third-order valence-electron chi connectivity index (χ3n) is 3.03. The molecule has 2 aromatic carbocycles. The van der Waals surface area contributed by atoms with Gasteiger partial charge in [-0.1, -0.05) is 18.2 Å². The number of methoxy groups -OCH3 is 2. The normalized spacial score (nSPS) is 10.3. The van der Waals surface area contributed by atoms with Crippen LogP contribution >= 0.6 is 11.8 Å². The second kappa shape index (κ2) is 7.22. The van der Waals surface area contributed by atoms with Gasteiger partial charge in [0.2, 0.25) is 0 Å². The summed E-state index contributed by atoms with van der Waals surface area (Å²) in [6.07, 6.45) is 0. The molecule has 4 heteroatoms. The minimum atomic E-state index is 0.538. The number of benzene rings is 2. The van der Waals surface area contributed by atoms with Gasteiger partial charge in [0.05, 0.1) is 14.2 Å². The first-order valence-corrected chi connectivity index (χ1v) is 7.38. The molecular weight excluding hydrogens is 270 g/mol. The van der Waals surface area contributed by atoms with E-state index in [4.69, 9.17) is 15.2 Å². The molecule has 0 aliphatic rings. The zero-order valence-corrected chi connectivity index (χ0v) is 12.6. The summed E-state index contributed by atoms with van der Waals surface area (Å²) in [5.74, 6) is 2.60. The van der Waals surface area contributed by atoms with Gasteiger partial charge in [-0.25, -0.2) is 0 Å². The molecule has 0 amide bonds. The Morgan fingerprint density at radius 3 is 2.45 bits per heavy atom.